The number of aliphatic hydroxyl groups is 2. The molecule has 0 spiro atoms. The predicted octanol–water partition coefficient (Wildman–Crippen LogP) is 2.21. The maximum atomic E-state index is 13.2. The van der Waals surface area contributed by atoms with Gasteiger partial charge in [-0.15, -0.1) is 0 Å². The monoisotopic (exact) mass is 626 g/mol. The molecule has 4 N–H and O–H groups in total. The summed E-state index contributed by atoms with van der Waals surface area (Å²) >= 11 is 0. The molecule has 0 heterocycles. The fourth-order valence-corrected chi connectivity index (χ4v) is 4.57. The van der Waals surface area contributed by atoms with Crippen molar-refractivity contribution in [2.75, 3.05) is 13.6 Å². The Bertz CT molecular complexity index is 1490. The SMILES string of the molecule is CC(C)(C)C(=O)OCOC(=O)c1ccccc1C(O)(O)S(=O)(=O)Cc1cc(O)cc(C(=O)OCOC(=O)C(C)(C)C)c1O. The Morgan fingerprint density at radius 2 is 1.19 bits per heavy atom. The van der Waals surface area contributed by atoms with Crippen molar-refractivity contribution in [1.29, 1.82) is 0 Å². The number of carbonyl (C=O) groups excluding carboxylic acids is 4. The number of hydrogen-bond acceptors (Lipinski definition) is 14. The summed E-state index contributed by atoms with van der Waals surface area (Å²) in [5.74, 6) is -6.99. The van der Waals surface area contributed by atoms with Gasteiger partial charge in [0.05, 0.1) is 22.1 Å². The third-order valence-electron chi connectivity index (χ3n) is 5.66. The number of ether oxygens (including phenoxy) is 4. The molecule has 0 saturated heterocycles. The molecule has 0 aromatic heterocycles. The first kappa shape index (κ1) is 35.0. The quantitative estimate of drug-likeness (QED) is 0.169. The van der Waals surface area contributed by atoms with E-state index in [1.807, 2.05) is 0 Å². The van der Waals surface area contributed by atoms with Crippen molar-refractivity contribution in [3.63, 3.8) is 0 Å². The molecule has 15 heteroatoms. The van der Waals surface area contributed by atoms with Crippen molar-refractivity contribution in [2.45, 2.75) is 52.4 Å². The van der Waals surface area contributed by atoms with E-state index in [0.29, 0.717) is 0 Å². The van der Waals surface area contributed by atoms with Crippen molar-refractivity contribution >= 4 is 33.7 Å². The summed E-state index contributed by atoms with van der Waals surface area (Å²) in [7, 11) is -5.18. The van der Waals surface area contributed by atoms with Crippen LogP contribution in [0.4, 0.5) is 0 Å². The zero-order valence-corrected chi connectivity index (χ0v) is 25.2. The van der Waals surface area contributed by atoms with Crippen molar-refractivity contribution < 1.29 is 67.0 Å². The molecule has 0 aliphatic heterocycles. The Morgan fingerprint density at radius 1 is 0.721 bits per heavy atom. The molecular formula is C28H34O14S. The minimum Gasteiger partial charge on any atom is -0.508 e. The van der Waals surface area contributed by atoms with Crippen molar-refractivity contribution in [2.24, 2.45) is 10.8 Å². The van der Waals surface area contributed by atoms with Gasteiger partial charge in [-0.3, -0.25) is 9.59 Å². The highest BCUT2D eigenvalue weighted by Crippen LogP contribution is 2.35. The molecule has 43 heavy (non-hydrogen) atoms. The summed E-state index contributed by atoms with van der Waals surface area (Å²) in [6, 6.07) is 5.94. The molecule has 0 unspecified atom stereocenters. The molecule has 2 rings (SSSR count). The van der Waals surface area contributed by atoms with Gasteiger partial charge in [0.1, 0.15) is 17.1 Å². The average Bonchev–Trinajstić information content (AvgIpc) is 2.88. The Hall–Kier alpha value is -4.21. The molecule has 0 atom stereocenters. The zero-order chi connectivity index (χ0) is 33.0. The highest BCUT2D eigenvalue weighted by Gasteiger charge is 2.45. The summed E-state index contributed by atoms with van der Waals surface area (Å²) < 4.78 is 45.7. The standard InChI is InChI=1S/C28H34O14S/c1-26(2,3)24(33)41-14-39-22(31)18-9-7-8-10-20(18)28(35,36)43(37,38)13-16-11-17(29)12-19(21(16)30)23(32)40-15-42-25(34)27(4,5)6/h7-12,29-30,35-36H,13-15H2,1-6H3. The van der Waals surface area contributed by atoms with Crippen LogP contribution in [-0.4, -0.2) is 66.3 Å². The van der Waals surface area contributed by atoms with Gasteiger partial charge in [-0.05, 0) is 59.7 Å². The molecule has 0 amide bonds. The fourth-order valence-electron chi connectivity index (χ4n) is 3.22. The molecule has 2 aromatic carbocycles. The van der Waals surface area contributed by atoms with Gasteiger partial charge in [0.2, 0.25) is 23.4 Å². The molecule has 2 aromatic rings. The van der Waals surface area contributed by atoms with Crippen molar-refractivity contribution in [3.8, 4) is 11.5 Å². The first-order valence-corrected chi connectivity index (χ1v) is 14.2. The largest absolute Gasteiger partial charge is 0.508 e. The van der Waals surface area contributed by atoms with E-state index in [9.17, 15) is 48.0 Å². The van der Waals surface area contributed by atoms with Crippen LogP contribution in [0, 0.1) is 10.8 Å². The zero-order valence-electron chi connectivity index (χ0n) is 24.4. The number of rotatable bonds is 10. The van der Waals surface area contributed by atoms with E-state index in [0.717, 1.165) is 24.3 Å². The van der Waals surface area contributed by atoms with E-state index in [2.05, 4.69) is 0 Å². The van der Waals surface area contributed by atoms with Gasteiger partial charge in [0.25, 0.3) is 5.12 Å². The molecule has 0 aliphatic carbocycles. The number of hydrogen-bond donors (Lipinski definition) is 4. The van der Waals surface area contributed by atoms with Gasteiger partial charge < -0.3 is 39.4 Å². The number of benzene rings is 2. The first-order chi connectivity index (χ1) is 19.6. The van der Waals surface area contributed by atoms with E-state index in [1.54, 1.807) is 41.5 Å². The summed E-state index contributed by atoms with van der Waals surface area (Å²) in [6.07, 6.45) is 0. The fraction of sp³-hybridized carbons (Fsp3) is 0.429. The van der Waals surface area contributed by atoms with E-state index in [4.69, 9.17) is 18.9 Å². The summed E-state index contributed by atoms with van der Waals surface area (Å²) in [5, 5.41) is 38.5. The summed E-state index contributed by atoms with van der Waals surface area (Å²) in [6.45, 7) is 7.65. The summed E-state index contributed by atoms with van der Waals surface area (Å²) in [4.78, 5) is 48.8. The lowest BCUT2D eigenvalue weighted by Crippen LogP contribution is -2.38. The minimum atomic E-state index is -5.18. The molecular weight excluding hydrogens is 592 g/mol. The van der Waals surface area contributed by atoms with E-state index >= 15 is 0 Å². The number of phenols is 2. The molecule has 14 nitrogen and oxygen atoms in total. The number of aromatic hydroxyl groups is 2. The molecule has 0 aliphatic rings. The third-order valence-corrected chi connectivity index (χ3v) is 7.43. The molecule has 0 saturated carbocycles. The lowest BCUT2D eigenvalue weighted by atomic mass is 9.97. The Balaban J connectivity index is 2.30. The van der Waals surface area contributed by atoms with Gasteiger partial charge in [-0.25, -0.2) is 18.0 Å². The van der Waals surface area contributed by atoms with Crippen LogP contribution in [-0.2, 0) is 49.2 Å². The predicted molar refractivity (Wildman–Crippen MR) is 147 cm³/mol. The highest BCUT2D eigenvalue weighted by molar-refractivity contribution is 7.91. The highest BCUT2D eigenvalue weighted by atomic mass is 32.2. The van der Waals surface area contributed by atoms with E-state index < -0.39 is 103 Å². The van der Waals surface area contributed by atoms with Crippen LogP contribution in [0.1, 0.15) is 73.4 Å². The van der Waals surface area contributed by atoms with Crippen molar-refractivity contribution in [1.82, 2.24) is 0 Å². The topological polar surface area (TPSA) is 220 Å². The second kappa shape index (κ2) is 13.0. The van der Waals surface area contributed by atoms with Crippen LogP contribution in [0.25, 0.3) is 0 Å². The van der Waals surface area contributed by atoms with Crippen LogP contribution in [0.3, 0.4) is 0 Å². The maximum absolute atomic E-state index is 13.2. The number of esters is 4. The Kier molecular flexibility index (Phi) is 10.6. The maximum Gasteiger partial charge on any atom is 0.344 e. The van der Waals surface area contributed by atoms with Gasteiger partial charge in [-0.1, -0.05) is 18.2 Å². The lowest BCUT2D eigenvalue weighted by Gasteiger charge is -2.24. The van der Waals surface area contributed by atoms with Crippen LogP contribution in [0.15, 0.2) is 36.4 Å². The molecule has 0 fully saturated rings. The number of phenolic OH excluding ortho intramolecular Hbond substituents is 2. The van der Waals surface area contributed by atoms with Gasteiger partial charge in [0, 0.05) is 11.1 Å². The lowest BCUT2D eigenvalue weighted by molar-refractivity contribution is -0.162. The Morgan fingerprint density at radius 3 is 1.67 bits per heavy atom. The van der Waals surface area contributed by atoms with Crippen LogP contribution in [0.5, 0.6) is 11.5 Å². The normalized spacial score (nSPS) is 12.3. The van der Waals surface area contributed by atoms with Crippen LogP contribution >= 0.6 is 0 Å². The molecule has 0 bridgehead atoms. The molecule has 236 valence electrons. The van der Waals surface area contributed by atoms with Gasteiger partial charge >= 0.3 is 23.9 Å². The second-order valence-electron chi connectivity index (χ2n) is 11.4. The van der Waals surface area contributed by atoms with E-state index in [-0.39, 0.29) is 0 Å². The van der Waals surface area contributed by atoms with Gasteiger partial charge in [-0.2, -0.15) is 0 Å². The van der Waals surface area contributed by atoms with Crippen LogP contribution < -0.4 is 0 Å². The van der Waals surface area contributed by atoms with Crippen molar-refractivity contribution in [3.05, 3.63) is 58.7 Å². The van der Waals surface area contributed by atoms with Gasteiger partial charge in [0.15, 0.2) is 0 Å². The third kappa shape index (κ3) is 8.65. The second-order valence-corrected chi connectivity index (χ2v) is 13.5. The van der Waals surface area contributed by atoms with Crippen LogP contribution in [0.2, 0.25) is 0 Å². The Labute approximate surface area is 247 Å². The molecule has 0 radical (unpaired) electrons. The minimum absolute atomic E-state index is 0.600. The number of sulfone groups is 1. The smallest absolute Gasteiger partial charge is 0.344 e. The number of carbonyl (C=O) groups is 4. The summed E-state index contributed by atoms with van der Waals surface area (Å²) in [5.41, 5.74) is -4.60. The van der Waals surface area contributed by atoms with E-state index in [1.165, 1.54) is 12.1 Å². The average molecular weight is 627 g/mol. The first-order valence-electron chi connectivity index (χ1n) is 12.6.